The molecule has 0 aromatic heterocycles. The van der Waals surface area contributed by atoms with Gasteiger partial charge in [0.1, 0.15) is 23.0 Å². The van der Waals surface area contributed by atoms with Crippen LogP contribution < -0.4 is 9.47 Å². The molecule has 0 bridgehead atoms. The summed E-state index contributed by atoms with van der Waals surface area (Å²) in [5, 5.41) is 0. The van der Waals surface area contributed by atoms with E-state index < -0.39 is 0 Å². The Morgan fingerprint density at radius 1 is 0.321 bits per heavy atom. The molecule has 6 rings (SSSR count). The van der Waals surface area contributed by atoms with E-state index in [1.807, 2.05) is 48.5 Å². The van der Waals surface area contributed by atoms with Crippen LogP contribution in [0, 0.1) is 0 Å². The molecule has 0 aliphatic carbocycles. The van der Waals surface area contributed by atoms with Crippen LogP contribution in [-0.4, -0.2) is 0 Å². The molecule has 2 aliphatic heterocycles. The van der Waals surface area contributed by atoms with Crippen molar-refractivity contribution in [3.8, 4) is 23.0 Å². The molecule has 2 heteroatoms. The van der Waals surface area contributed by atoms with Crippen LogP contribution in [0.1, 0.15) is 22.3 Å². The molecule has 0 unspecified atom stereocenters. The first-order chi connectivity index (χ1) is 13.9. The molecule has 0 N–H and O–H groups in total. The van der Waals surface area contributed by atoms with Gasteiger partial charge in [-0.2, -0.15) is 0 Å². The second-order valence-corrected chi connectivity index (χ2v) is 6.94. The fourth-order valence-corrected chi connectivity index (χ4v) is 4.11. The van der Waals surface area contributed by atoms with Crippen molar-refractivity contribution in [2.45, 2.75) is 0 Å². The van der Waals surface area contributed by atoms with Crippen LogP contribution in [0.2, 0.25) is 0 Å². The van der Waals surface area contributed by atoms with Crippen LogP contribution in [0.4, 0.5) is 0 Å². The van der Waals surface area contributed by atoms with E-state index in [0.29, 0.717) is 0 Å². The Morgan fingerprint density at radius 3 is 0.857 bits per heavy atom. The Balaban J connectivity index is 1.80. The molecular weight excluding hydrogens is 344 g/mol. The zero-order valence-corrected chi connectivity index (χ0v) is 15.1. The summed E-state index contributed by atoms with van der Waals surface area (Å²) in [5.74, 6) is 3.52. The van der Waals surface area contributed by atoms with E-state index in [4.69, 9.17) is 9.47 Å². The first-order valence-corrected chi connectivity index (χ1v) is 9.38. The minimum absolute atomic E-state index is 0.880. The van der Waals surface area contributed by atoms with Crippen LogP contribution in [0.5, 0.6) is 23.0 Å². The number of para-hydroxylation sites is 4. The number of benzene rings is 4. The van der Waals surface area contributed by atoms with Gasteiger partial charge in [-0.05, 0) is 24.3 Å². The summed E-state index contributed by atoms with van der Waals surface area (Å²) in [6.45, 7) is 0. The zero-order chi connectivity index (χ0) is 18.5. The summed E-state index contributed by atoms with van der Waals surface area (Å²) in [7, 11) is 0. The maximum atomic E-state index is 6.21. The third kappa shape index (κ3) is 2.15. The van der Waals surface area contributed by atoms with Gasteiger partial charge in [0.15, 0.2) is 0 Å². The Morgan fingerprint density at radius 2 is 0.571 bits per heavy atom. The lowest BCUT2D eigenvalue weighted by molar-refractivity contribution is 0.471. The zero-order valence-electron chi connectivity index (χ0n) is 15.1. The van der Waals surface area contributed by atoms with E-state index in [0.717, 1.165) is 45.3 Å². The molecule has 2 heterocycles. The second kappa shape index (κ2) is 5.86. The van der Waals surface area contributed by atoms with Gasteiger partial charge in [-0.15, -0.1) is 0 Å². The highest BCUT2D eigenvalue weighted by atomic mass is 16.5. The molecular formula is C26H16O2. The van der Waals surface area contributed by atoms with Crippen LogP contribution >= 0.6 is 0 Å². The van der Waals surface area contributed by atoms with Crippen LogP contribution in [-0.2, 0) is 0 Å². The van der Waals surface area contributed by atoms with Gasteiger partial charge in [0.25, 0.3) is 0 Å². The molecule has 4 aromatic carbocycles. The lowest BCUT2D eigenvalue weighted by Gasteiger charge is -2.29. The van der Waals surface area contributed by atoms with Crippen LogP contribution in [0.25, 0.3) is 11.1 Å². The lowest BCUT2D eigenvalue weighted by atomic mass is 9.82. The van der Waals surface area contributed by atoms with E-state index in [1.165, 1.54) is 11.1 Å². The van der Waals surface area contributed by atoms with Crippen molar-refractivity contribution in [1.82, 2.24) is 0 Å². The average Bonchev–Trinajstić information content (AvgIpc) is 2.76. The minimum atomic E-state index is 0.880. The number of hydrogen-bond acceptors (Lipinski definition) is 2. The van der Waals surface area contributed by atoms with Crippen molar-refractivity contribution in [2.24, 2.45) is 0 Å². The Kier molecular flexibility index (Phi) is 3.20. The lowest BCUT2D eigenvalue weighted by Crippen LogP contribution is -2.08. The van der Waals surface area contributed by atoms with Crippen molar-refractivity contribution in [3.63, 3.8) is 0 Å². The Bertz CT molecular complexity index is 1070. The highest BCUT2D eigenvalue weighted by Gasteiger charge is 2.30. The standard InChI is InChI=1S/C26H16O2/c1-5-13-21-17(9-1)25(18-10-2-6-14-22(18)27-21)26-19-11-3-7-15-23(19)28-24-16-8-4-12-20(24)26/h1-16H. The molecule has 0 fully saturated rings. The van der Waals surface area contributed by atoms with Gasteiger partial charge in [0, 0.05) is 33.4 Å². The highest BCUT2D eigenvalue weighted by molar-refractivity contribution is 6.09. The topological polar surface area (TPSA) is 18.5 Å². The molecule has 132 valence electrons. The van der Waals surface area contributed by atoms with Gasteiger partial charge >= 0.3 is 0 Å². The molecule has 0 saturated carbocycles. The average molecular weight is 360 g/mol. The number of rotatable bonds is 0. The van der Waals surface area contributed by atoms with E-state index in [9.17, 15) is 0 Å². The molecule has 2 aliphatic rings. The number of fused-ring (bicyclic) bond motifs is 4. The maximum absolute atomic E-state index is 6.21. The summed E-state index contributed by atoms with van der Waals surface area (Å²) in [6, 6.07) is 33.0. The van der Waals surface area contributed by atoms with E-state index in [1.54, 1.807) is 0 Å². The fourth-order valence-electron chi connectivity index (χ4n) is 4.11. The summed E-state index contributed by atoms with van der Waals surface area (Å²) in [6.07, 6.45) is 0. The smallest absolute Gasteiger partial charge is 0.135 e. The molecule has 0 radical (unpaired) electrons. The predicted octanol–water partition coefficient (Wildman–Crippen LogP) is 6.91. The minimum Gasteiger partial charge on any atom is -0.456 e. The molecule has 0 amide bonds. The van der Waals surface area contributed by atoms with E-state index in [-0.39, 0.29) is 0 Å². The van der Waals surface area contributed by atoms with Crippen molar-refractivity contribution in [1.29, 1.82) is 0 Å². The summed E-state index contributed by atoms with van der Waals surface area (Å²) in [4.78, 5) is 0. The number of ether oxygens (including phenoxy) is 2. The van der Waals surface area contributed by atoms with E-state index in [2.05, 4.69) is 48.5 Å². The van der Waals surface area contributed by atoms with Crippen LogP contribution in [0.15, 0.2) is 97.1 Å². The predicted molar refractivity (Wildman–Crippen MR) is 111 cm³/mol. The normalized spacial score (nSPS) is 13.4. The van der Waals surface area contributed by atoms with Crippen molar-refractivity contribution < 1.29 is 9.47 Å². The van der Waals surface area contributed by atoms with Crippen molar-refractivity contribution >= 4 is 11.1 Å². The van der Waals surface area contributed by atoms with Gasteiger partial charge in [0.05, 0.1) is 0 Å². The van der Waals surface area contributed by atoms with Gasteiger partial charge < -0.3 is 9.47 Å². The van der Waals surface area contributed by atoms with Gasteiger partial charge in [-0.25, -0.2) is 0 Å². The van der Waals surface area contributed by atoms with Gasteiger partial charge in [0.2, 0.25) is 0 Å². The van der Waals surface area contributed by atoms with E-state index >= 15 is 0 Å². The first-order valence-electron chi connectivity index (χ1n) is 9.38. The Hall–Kier alpha value is -3.78. The third-order valence-corrected chi connectivity index (χ3v) is 5.32. The maximum Gasteiger partial charge on any atom is 0.135 e. The van der Waals surface area contributed by atoms with Crippen LogP contribution in [0.3, 0.4) is 0 Å². The van der Waals surface area contributed by atoms with Crippen molar-refractivity contribution in [3.05, 3.63) is 119 Å². The molecule has 0 atom stereocenters. The summed E-state index contributed by atoms with van der Waals surface area (Å²) < 4.78 is 12.4. The van der Waals surface area contributed by atoms with Crippen molar-refractivity contribution in [2.75, 3.05) is 0 Å². The molecule has 0 saturated heterocycles. The Labute approximate surface area is 163 Å². The highest BCUT2D eigenvalue weighted by Crippen LogP contribution is 2.52. The summed E-state index contributed by atoms with van der Waals surface area (Å²) in [5.41, 5.74) is 6.76. The molecule has 28 heavy (non-hydrogen) atoms. The summed E-state index contributed by atoms with van der Waals surface area (Å²) >= 11 is 0. The van der Waals surface area contributed by atoms with Gasteiger partial charge in [-0.1, -0.05) is 72.8 Å². The SMILES string of the molecule is c1ccc2c(c1)Oc1ccccc1C2=C1c2ccccc2Oc2ccccc21. The van der Waals surface area contributed by atoms with Gasteiger partial charge in [-0.3, -0.25) is 0 Å². The largest absolute Gasteiger partial charge is 0.456 e. The first kappa shape index (κ1) is 15.3. The molecule has 2 nitrogen and oxygen atoms in total. The molecule has 0 spiro atoms. The third-order valence-electron chi connectivity index (χ3n) is 5.32. The fraction of sp³-hybridized carbons (Fsp3) is 0. The quantitative estimate of drug-likeness (QED) is 0.293. The molecule has 4 aromatic rings. The number of hydrogen-bond donors (Lipinski definition) is 0. The monoisotopic (exact) mass is 360 g/mol. The second-order valence-electron chi connectivity index (χ2n) is 6.94.